The Balaban J connectivity index is 1.65. The van der Waals surface area contributed by atoms with E-state index in [0.717, 1.165) is 6.20 Å². The summed E-state index contributed by atoms with van der Waals surface area (Å²) in [4.78, 5) is 40.7. The number of hydrogen-bond donors (Lipinski definition) is 3. The highest BCUT2D eigenvalue weighted by Gasteiger charge is 2.36. The second-order valence-corrected chi connectivity index (χ2v) is 6.45. The van der Waals surface area contributed by atoms with Gasteiger partial charge >= 0.3 is 0 Å². The lowest BCUT2D eigenvalue weighted by molar-refractivity contribution is -0.137. The van der Waals surface area contributed by atoms with Gasteiger partial charge in [-0.15, -0.1) is 0 Å². The van der Waals surface area contributed by atoms with E-state index >= 15 is 0 Å². The quantitative estimate of drug-likeness (QED) is 0.655. The smallest absolute Gasteiger partial charge is 0.273 e. The van der Waals surface area contributed by atoms with Gasteiger partial charge in [-0.25, -0.2) is 13.8 Å². The van der Waals surface area contributed by atoms with Crippen molar-refractivity contribution in [1.29, 1.82) is 0 Å². The zero-order valence-corrected chi connectivity index (χ0v) is 13.7. The van der Waals surface area contributed by atoms with Crippen molar-refractivity contribution in [3.05, 3.63) is 29.6 Å². The van der Waals surface area contributed by atoms with E-state index < -0.39 is 41.4 Å². The molecule has 0 bridgehead atoms. The van der Waals surface area contributed by atoms with Crippen molar-refractivity contribution in [3.8, 4) is 0 Å². The van der Waals surface area contributed by atoms with Crippen molar-refractivity contribution in [2.24, 2.45) is 0 Å². The zero-order chi connectivity index (χ0) is 18.8. The van der Waals surface area contributed by atoms with Gasteiger partial charge in [0.25, 0.3) is 5.91 Å². The average Bonchev–Trinajstić information content (AvgIpc) is 2.99. The van der Waals surface area contributed by atoms with Gasteiger partial charge < -0.3 is 20.6 Å². The van der Waals surface area contributed by atoms with Gasteiger partial charge in [-0.2, -0.15) is 0 Å². The van der Waals surface area contributed by atoms with E-state index in [2.05, 4.69) is 15.6 Å². The third-order valence-electron chi connectivity index (χ3n) is 4.39. The molecule has 2 fully saturated rings. The number of carbonyl (C=O) groups excluding carboxylic acids is 3. The molecule has 3 atom stereocenters. The molecule has 8 nitrogen and oxygen atoms in total. The summed E-state index contributed by atoms with van der Waals surface area (Å²) in [5.41, 5.74) is -0.563. The molecule has 0 spiro atoms. The number of halogens is 2. The van der Waals surface area contributed by atoms with Crippen LogP contribution in [-0.4, -0.2) is 64.0 Å². The number of hydrogen-bond acceptors (Lipinski definition) is 5. The van der Waals surface area contributed by atoms with Crippen molar-refractivity contribution in [3.63, 3.8) is 0 Å². The molecule has 2 saturated heterocycles. The third-order valence-corrected chi connectivity index (χ3v) is 4.39. The summed E-state index contributed by atoms with van der Waals surface area (Å²) in [5, 5.41) is 15.1. The number of aliphatic hydroxyl groups excluding tert-OH is 1. The molecule has 3 N–H and O–H groups in total. The summed E-state index contributed by atoms with van der Waals surface area (Å²) in [6.07, 6.45) is 0.678. The van der Waals surface area contributed by atoms with Crippen LogP contribution in [0.15, 0.2) is 12.3 Å². The van der Waals surface area contributed by atoms with E-state index in [-0.39, 0.29) is 37.7 Å². The van der Waals surface area contributed by atoms with E-state index in [4.69, 9.17) is 0 Å². The van der Waals surface area contributed by atoms with Crippen molar-refractivity contribution < 1.29 is 28.3 Å². The first kappa shape index (κ1) is 18.2. The second kappa shape index (κ2) is 7.32. The minimum atomic E-state index is -1.10. The number of rotatable bonds is 3. The normalized spacial score (nSPS) is 25.7. The van der Waals surface area contributed by atoms with Crippen molar-refractivity contribution >= 4 is 17.7 Å². The van der Waals surface area contributed by atoms with E-state index in [1.165, 1.54) is 4.90 Å². The summed E-state index contributed by atoms with van der Waals surface area (Å²) < 4.78 is 26.6. The Morgan fingerprint density at radius 3 is 2.77 bits per heavy atom. The van der Waals surface area contributed by atoms with Gasteiger partial charge in [-0.3, -0.25) is 14.4 Å². The Morgan fingerprint density at radius 1 is 1.35 bits per heavy atom. The molecule has 2 aliphatic heterocycles. The van der Waals surface area contributed by atoms with Gasteiger partial charge in [0, 0.05) is 31.6 Å². The van der Waals surface area contributed by atoms with E-state index in [9.17, 15) is 28.3 Å². The predicted molar refractivity (Wildman–Crippen MR) is 83.8 cm³/mol. The SMILES string of the molecule is O=C1CC[C@H](C(=O)N2C[C@H](O)C[C@H](NC(=O)c3ncc(F)cc3F)C2)N1. The Bertz CT molecular complexity index is 745. The number of amides is 3. The Labute approximate surface area is 147 Å². The van der Waals surface area contributed by atoms with Crippen molar-refractivity contribution in [1.82, 2.24) is 20.5 Å². The van der Waals surface area contributed by atoms with E-state index in [1.807, 2.05) is 0 Å². The van der Waals surface area contributed by atoms with Crippen LogP contribution >= 0.6 is 0 Å². The highest BCUT2D eigenvalue weighted by molar-refractivity contribution is 5.93. The molecule has 0 saturated carbocycles. The van der Waals surface area contributed by atoms with Gasteiger partial charge in [0.2, 0.25) is 11.8 Å². The van der Waals surface area contributed by atoms with Crippen LogP contribution in [0.5, 0.6) is 0 Å². The van der Waals surface area contributed by atoms with E-state index in [0.29, 0.717) is 12.5 Å². The number of carbonyl (C=O) groups is 3. The summed E-state index contributed by atoms with van der Waals surface area (Å²) in [7, 11) is 0. The van der Waals surface area contributed by atoms with Crippen LogP contribution in [0.1, 0.15) is 29.8 Å². The van der Waals surface area contributed by atoms with Crippen LogP contribution in [0.25, 0.3) is 0 Å². The van der Waals surface area contributed by atoms with Crippen LogP contribution in [0.3, 0.4) is 0 Å². The molecule has 0 aliphatic carbocycles. The summed E-state index contributed by atoms with van der Waals surface area (Å²) in [6, 6.07) is -0.713. The zero-order valence-electron chi connectivity index (χ0n) is 13.7. The minimum Gasteiger partial charge on any atom is -0.391 e. The number of β-amino-alcohol motifs (C(OH)–C–C–N with tert-alkyl or cyclic N) is 1. The molecule has 10 heteroatoms. The van der Waals surface area contributed by atoms with Gasteiger partial charge in [0.15, 0.2) is 11.5 Å². The molecule has 0 radical (unpaired) electrons. The maximum Gasteiger partial charge on any atom is 0.273 e. The number of aliphatic hydroxyl groups is 1. The van der Waals surface area contributed by atoms with Gasteiger partial charge in [-0.1, -0.05) is 0 Å². The van der Waals surface area contributed by atoms with Crippen LogP contribution in [0.2, 0.25) is 0 Å². The molecule has 3 heterocycles. The molecule has 1 aromatic rings. The summed E-state index contributed by atoms with van der Waals surface area (Å²) in [5.74, 6) is -3.39. The summed E-state index contributed by atoms with van der Waals surface area (Å²) in [6.45, 7) is 0.192. The molecule has 3 rings (SSSR count). The Hall–Kier alpha value is -2.62. The lowest BCUT2D eigenvalue weighted by Crippen LogP contribution is -2.57. The molecule has 0 aromatic carbocycles. The molecule has 2 aliphatic rings. The van der Waals surface area contributed by atoms with Gasteiger partial charge in [-0.05, 0) is 12.8 Å². The van der Waals surface area contributed by atoms with Crippen molar-refractivity contribution in [2.45, 2.75) is 37.5 Å². The lowest BCUT2D eigenvalue weighted by atomic mass is 10.0. The van der Waals surface area contributed by atoms with Crippen LogP contribution < -0.4 is 10.6 Å². The summed E-state index contributed by atoms with van der Waals surface area (Å²) >= 11 is 0. The second-order valence-electron chi connectivity index (χ2n) is 6.45. The number of piperidine rings is 1. The van der Waals surface area contributed by atoms with Crippen LogP contribution in [-0.2, 0) is 9.59 Å². The highest BCUT2D eigenvalue weighted by Crippen LogP contribution is 2.17. The number of likely N-dealkylation sites (tertiary alicyclic amines) is 1. The number of aromatic nitrogens is 1. The third kappa shape index (κ3) is 3.96. The standard InChI is InChI=1S/C16H18F2N4O4/c17-8-3-11(18)14(19-5-8)15(25)20-9-4-10(23)7-22(6-9)16(26)12-1-2-13(24)21-12/h3,5,9-10,12,23H,1-2,4,6-7H2,(H,20,25)(H,21,24)/t9-,10+,12+/m0/s1. The maximum atomic E-state index is 13.7. The first-order valence-electron chi connectivity index (χ1n) is 8.21. The number of nitrogens with zero attached hydrogens (tertiary/aromatic N) is 2. The van der Waals surface area contributed by atoms with Crippen LogP contribution in [0, 0.1) is 11.6 Å². The molecule has 26 heavy (non-hydrogen) atoms. The first-order valence-corrected chi connectivity index (χ1v) is 8.21. The fraction of sp³-hybridized carbons (Fsp3) is 0.500. The highest BCUT2D eigenvalue weighted by atomic mass is 19.1. The Kier molecular flexibility index (Phi) is 5.12. The van der Waals surface area contributed by atoms with Gasteiger partial charge in [0.05, 0.1) is 12.3 Å². The molecular formula is C16H18F2N4O4. The monoisotopic (exact) mass is 368 g/mol. The maximum absolute atomic E-state index is 13.7. The molecule has 0 unspecified atom stereocenters. The van der Waals surface area contributed by atoms with Gasteiger partial charge in [0.1, 0.15) is 11.9 Å². The molecule has 3 amide bonds. The molecular weight excluding hydrogens is 350 g/mol. The lowest BCUT2D eigenvalue weighted by Gasteiger charge is -2.37. The largest absolute Gasteiger partial charge is 0.391 e. The molecule has 140 valence electrons. The predicted octanol–water partition coefficient (Wildman–Crippen LogP) is -0.670. The Morgan fingerprint density at radius 2 is 2.12 bits per heavy atom. The molecule has 1 aromatic heterocycles. The number of pyridine rings is 1. The topological polar surface area (TPSA) is 112 Å². The number of nitrogens with one attached hydrogen (secondary N) is 2. The minimum absolute atomic E-state index is 0.0841. The van der Waals surface area contributed by atoms with E-state index in [1.54, 1.807) is 0 Å². The fourth-order valence-electron chi connectivity index (χ4n) is 3.21. The fourth-order valence-corrected chi connectivity index (χ4v) is 3.21. The van der Waals surface area contributed by atoms with Crippen molar-refractivity contribution in [2.75, 3.05) is 13.1 Å². The first-order chi connectivity index (χ1) is 12.3. The average molecular weight is 368 g/mol. The van der Waals surface area contributed by atoms with Crippen LogP contribution in [0.4, 0.5) is 8.78 Å².